The molecule has 0 aliphatic rings. The van der Waals surface area contributed by atoms with Crippen molar-refractivity contribution in [2.24, 2.45) is 5.92 Å². The number of aromatic nitrogens is 2. The Bertz CT molecular complexity index is 763. The molecule has 0 saturated carbocycles. The van der Waals surface area contributed by atoms with Crippen molar-refractivity contribution in [2.75, 3.05) is 6.54 Å². The molecule has 1 heterocycles. The molecule has 7 nitrogen and oxygen atoms in total. The van der Waals surface area contributed by atoms with Gasteiger partial charge in [0.25, 0.3) is 0 Å². The highest BCUT2D eigenvalue weighted by molar-refractivity contribution is 5.81. The molecule has 2 N–H and O–H groups in total. The maximum absolute atomic E-state index is 12.1. The number of nitrogens with one attached hydrogen (secondary N) is 2. The summed E-state index contributed by atoms with van der Waals surface area (Å²) in [7, 11) is 0. The molecule has 0 fully saturated rings. The number of nitriles is 1. The second kappa shape index (κ2) is 8.64. The predicted octanol–water partition coefficient (Wildman–Crippen LogP) is 1.32. The molecule has 0 spiro atoms. The van der Waals surface area contributed by atoms with Crippen LogP contribution in [0, 0.1) is 24.2 Å². The molecular weight excluding hydrogens is 318 g/mol. The Kier molecular flexibility index (Phi) is 6.29. The minimum absolute atomic E-state index is 0.114. The molecule has 0 bridgehead atoms. The van der Waals surface area contributed by atoms with Gasteiger partial charge in [-0.25, -0.2) is 0 Å². The fourth-order valence-corrected chi connectivity index (χ4v) is 2.27. The SMILES string of the molecule is Cc1ccnn1CC(=O)NCC(NC(=O)C(C)C#N)c1ccccc1. The van der Waals surface area contributed by atoms with Gasteiger partial charge in [0.1, 0.15) is 12.5 Å². The number of amides is 2. The van der Waals surface area contributed by atoms with Gasteiger partial charge in [0, 0.05) is 18.4 Å². The highest BCUT2D eigenvalue weighted by atomic mass is 16.2. The van der Waals surface area contributed by atoms with Crippen molar-refractivity contribution in [2.45, 2.75) is 26.4 Å². The van der Waals surface area contributed by atoms with Gasteiger partial charge in [-0.15, -0.1) is 0 Å². The Labute approximate surface area is 146 Å². The minimum Gasteiger partial charge on any atom is -0.352 e. The summed E-state index contributed by atoms with van der Waals surface area (Å²) in [6.07, 6.45) is 1.64. The molecule has 7 heteroatoms. The lowest BCUT2D eigenvalue weighted by atomic mass is 10.1. The van der Waals surface area contributed by atoms with Crippen LogP contribution in [0.5, 0.6) is 0 Å². The third kappa shape index (κ3) is 5.18. The van der Waals surface area contributed by atoms with Gasteiger partial charge in [0.2, 0.25) is 11.8 Å². The van der Waals surface area contributed by atoms with Gasteiger partial charge in [0.15, 0.2) is 0 Å². The summed E-state index contributed by atoms with van der Waals surface area (Å²) in [5.74, 6) is -1.32. The Morgan fingerprint density at radius 1 is 1.28 bits per heavy atom. The largest absolute Gasteiger partial charge is 0.352 e. The quantitative estimate of drug-likeness (QED) is 0.794. The van der Waals surface area contributed by atoms with Crippen molar-refractivity contribution < 1.29 is 9.59 Å². The van der Waals surface area contributed by atoms with E-state index < -0.39 is 12.0 Å². The predicted molar refractivity (Wildman–Crippen MR) is 92.1 cm³/mol. The molecule has 25 heavy (non-hydrogen) atoms. The minimum atomic E-state index is -0.756. The first-order chi connectivity index (χ1) is 12.0. The molecule has 0 radical (unpaired) electrons. The molecule has 0 aliphatic heterocycles. The maximum Gasteiger partial charge on any atom is 0.241 e. The van der Waals surface area contributed by atoms with Crippen LogP contribution in [0.2, 0.25) is 0 Å². The summed E-state index contributed by atoms with van der Waals surface area (Å²) in [4.78, 5) is 24.2. The van der Waals surface area contributed by atoms with Gasteiger partial charge in [-0.2, -0.15) is 10.4 Å². The van der Waals surface area contributed by atoms with Gasteiger partial charge in [-0.05, 0) is 25.5 Å². The number of hydrogen-bond donors (Lipinski definition) is 2. The fourth-order valence-electron chi connectivity index (χ4n) is 2.27. The van der Waals surface area contributed by atoms with Crippen LogP contribution >= 0.6 is 0 Å². The van der Waals surface area contributed by atoms with Crippen molar-refractivity contribution in [3.63, 3.8) is 0 Å². The zero-order valence-corrected chi connectivity index (χ0v) is 14.3. The summed E-state index contributed by atoms with van der Waals surface area (Å²) < 4.78 is 1.60. The van der Waals surface area contributed by atoms with E-state index in [0.29, 0.717) is 0 Å². The smallest absolute Gasteiger partial charge is 0.241 e. The van der Waals surface area contributed by atoms with Gasteiger partial charge in [-0.1, -0.05) is 30.3 Å². The molecule has 0 aliphatic carbocycles. The van der Waals surface area contributed by atoms with E-state index in [1.54, 1.807) is 10.9 Å². The Balaban J connectivity index is 2.01. The molecule has 2 unspecified atom stereocenters. The highest BCUT2D eigenvalue weighted by Crippen LogP contribution is 2.12. The van der Waals surface area contributed by atoms with Crippen molar-refractivity contribution in [3.05, 3.63) is 53.9 Å². The van der Waals surface area contributed by atoms with E-state index in [0.717, 1.165) is 11.3 Å². The number of carbonyl (C=O) groups is 2. The summed E-state index contributed by atoms with van der Waals surface area (Å²) in [6, 6.07) is 12.6. The number of benzene rings is 1. The van der Waals surface area contributed by atoms with E-state index in [4.69, 9.17) is 5.26 Å². The molecular formula is C18H21N5O2. The Morgan fingerprint density at radius 2 is 2.00 bits per heavy atom. The second-order valence-electron chi connectivity index (χ2n) is 5.76. The Morgan fingerprint density at radius 3 is 2.60 bits per heavy atom. The van der Waals surface area contributed by atoms with E-state index in [1.165, 1.54) is 6.92 Å². The number of carbonyl (C=O) groups excluding carboxylic acids is 2. The normalized spacial score (nSPS) is 12.7. The summed E-state index contributed by atoms with van der Waals surface area (Å²) >= 11 is 0. The fraction of sp³-hybridized carbons (Fsp3) is 0.333. The second-order valence-corrected chi connectivity index (χ2v) is 5.76. The average molecular weight is 339 g/mol. The highest BCUT2D eigenvalue weighted by Gasteiger charge is 2.19. The molecule has 2 aromatic rings. The third-order valence-electron chi connectivity index (χ3n) is 3.83. The van der Waals surface area contributed by atoms with E-state index in [9.17, 15) is 9.59 Å². The monoisotopic (exact) mass is 339 g/mol. The van der Waals surface area contributed by atoms with Crippen LogP contribution in [-0.2, 0) is 16.1 Å². The van der Waals surface area contributed by atoms with Crippen molar-refractivity contribution in [1.82, 2.24) is 20.4 Å². The van der Waals surface area contributed by atoms with E-state index in [2.05, 4.69) is 15.7 Å². The number of rotatable bonds is 7. The first-order valence-electron chi connectivity index (χ1n) is 8.01. The molecule has 2 rings (SSSR count). The van der Waals surface area contributed by atoms with Crippen LogP contribution in [0.15, 0.2) is 42.6 Å². The Hall–Kier alpha value is -3.14. The van der Waals surface area contributed by atoms with Crippen molar-refractivity contribution in [3.8, 4) is 6.07 Å². The van der Waals surface area contributed by atoms with Gasteiger partial charge in [-0.3, -0.25) is 14.3 Å². The zero-order valence-electron chi connectivity index (χ0n) is 14.3. The van der Waals surface area contributed by atoms with Crippen molar-refractivity contribution >= 4 is 11.8 Å². The standard InChI is InChI=1S/C18H21N5O2/c1-13(10-19)18(25)22-16(15-6-4-3-5-7-15)11-20-17(24)12-23-14(2)8-9-21-23/h3-9,13,16H,11-12H2,1-2H3,(H,20,24)(H,22,25). The average Bonchev–Trinajstić information content (AvgIpc) is 3.03. The van der Waals surface area contributed by atoms with Gasteiger partial charge < -0.3 is 10.6 Å². The van der Waals surface area contributed by atoms with E-state index >= 15 is 0 Å². The maximum atomic E-state index is 12.1. The topological polar surface area (TPSA) is 99.8 Å². The van der Waals surface area contributed by atoms with Crippen LogP contribution in [0.25, 0.3) is 0 Å². The van der Waals surface area contributed by atoms with E-state index in [-0.39, 0.29) is 24.9 Å². The summed E-state index contributed by atoms with van der Waals surface area (Å²) in [6.45, 7) is 3.75. The summed E-state index contributed by atoms with van der Waals surface area (Å²) in [5.41, 5.74) is 1.75. The van der Waals surface area contributed by atoms with Crippen molar-refractivity contribution in [1.29, 1.82) is 5.26 Å². The van der Waals surface area contributed by atoms with Crippen LogP contribution < -0.4 is 10.6 Å². The first kappa shape index (κ1) is 18.2. The lowest BCUT2D eigenvalue weighted by molar-refractivity contribution is -0.125. The molecule has 2 atom stereocenters. The molecule has 1 aromatic carbocycles. The number of nitrogens with zero attached hydrogens (tertiary/aromatic N) is 3. The van der Waals surface area contributed by atoms with Crippen LogP contribution in [0.4, 0.5) is 0 Å². The van der Waals surface area contributed by atoms with Crippen LogP contribution in [0.3, 0.4) is 0 Å². The lowest BCUT2D eigenvalue weighted by Gasteiger charge is -2.20. The first-order valence-corrected chi connectivity index (χ1v) is 8.01. The molecule has 130 valence electrons. The van der Waals surface area contributed by atoms with Gasteiger partial charge >= 0.3 is 0 Å². The molecule has 1 aromatic heterocycles. The zero-order chi connectivity index (χ0) is 18.2. The lowest BCUT2D eigenvalue weighted by Crippen LogP contribution is -2.40. The molecule has 0 saturated heterocycles. The van der Waals surface area contributed by atoms with Gasteiger partial charge in [0.05, 0.1) is 12.1 Å². The summed E-state index contributed by atoms with van der Waals surface area (Å²) in [5, 5.41) is 18.6. The van der Waals surface area contributed by atoms with Crippen LogP contribution in [-0.4, -0.2) is 28.1 Å². The number of hydrogen-bond acceptors (Lipinski definition) is 4. The number of aryl methyl sites for hydroxylation is 1. The van der Waals surface area contributed by atoms with Crippen LogP contribution in [0.1, 0.15) is 24.2 Å². The molecule has 2 amide bonds. The third-order valence-corrected chi connectivity index (χ3v) is 3.83. The van der Waals surface area contributed by atoms with E-state index in [1.807, 2.05) is 49.4 Å².